The summed E-state index contributed by atoms with van der Waals surface area (Å²) in [6.07, 6.45) is 2.39. The summed E-state index contributed by atoms with van der Waals surface area (Å²) >= 11 is 0. The zero-order valence-corrected chi connectivity index (χ0v) is 18.0. The highest BCUT2D eigenvalue weighted by atomic mass is 16.6. The SMILES string of the molecule is CCN1CCCC(C(=O)O)(C(=O)C(C)N2CCC(C(=O)OC(C)(C)C)CC2)C1. The topological polar surface area (TPSA) is 87.2 Å². The number of ether oxygens (including phenoxy) is 1. The number of ketones is 1. The Hall–Kier alpha value is -1.47. The minimum absolute atomic E-state index is 0.156. The molecule has 1 N–H and O–H groups in total. The number of esters is 1. The summed E-state index contributed by atoms with van der Waals surface area (Å²) in [7, 11) is 0. The summed E-state index contributed by atoms with van der Waals surface area (Å²) in [5.74, 6) is -1.55. The van der Waals surface area contributed by atoms with Crippen LogP contribution in [0.3, 0.4) is 0 Å². The molecule has 0 saturated carbocycles. The van der Waals surface area contributed by atoms with Gasteiger partial charge in [-0.3, -0.25) is 19.3 Å². The number of aliphatic carboxylic acids is 1. The van der Waals surface area contributed by atoms with Gasteiger partial charge in [0.2, 0.25) is 0 Å². The normalized spacial score (nSPS) is 26.6. The van der Waals surface area contributed by atoms with Gasteiger partial charge in [0.1, 0.15) is 11.0 Å². The van der Waals surface area contributed by atoms with Crippen LogP contribution in [0.5, 0.6) is 0 Å². The summed E-state index contributed by atoms with van der Waals surface area (Å²) in [5.41, 5.74) is -1.83. The average molecular weight is 397 g/mol. The second-order valence-electron chi connectivity index (χ2n) is 9.24. The van der Waals surface area contributed by atoms with E-state index in [1.54, 1.807) is 0 Å². The standard InChI is InChI=1S/C21H36N2O5/c1-6-22-11-7-10-21(14-22,19(26)27)17(24)15(2)23-12-8-16(9-13-23)18(25)28-20(3,4)5/h15-16H,6-14H2,1-5H3,(H,26,27). The number of carbonyl (C=O) groups excluding carboxylic acids is 2. The summed E-state index contributed by atoms with van der Waals surface area (Å²) in [6.45, 7) is 12.5. The second-order valence-corrected chi connectivity index (χ2v) is 9.24. The second kappa shape index (κ2) is 8.91. The summed E-state index contributed by atoms with van der Waals surface area (Å²) in [5, 5.41) is 9.92. The van der Waals surface area contributed by atoms with Gasteiger partial charge in [-0.1, -0.05) is 6.92 Å². The molecule has 0 aliphatic carbocycles. The molecule has 0 amide bonds. The van der Waals surface area contributed by atoms with Crippen LogP contribution in [-0.2, 0) is 19.1 Å². The van der Waals surface area contributed by atoms with Crippen molar-refractivity contribution in [3.63, 3.8) is 0 Å². The number of hydrogen-bond acceptors (Lipinski definition) is 6. The van der Waals surface area contributed by atoms with E-state index in [9.17, 15) is 19.5 Å². The van der Waals surface area contributed by atoms with Crippen LogP contribution in [0.15, 0.2) is 0 Å². The Morgan fingerprint density at radius 1 is 1.18 bits per heavy atom. The third kappa shape index (κ3) is 5.11. The average Bonchev–Trinajstić information content (AvgIpc) is 2.65. The number of carboxylic acids is 1. The fourth-order valence-electron chi connectivity index (χ4n) is 4.37. The number of carbonyl (C=O) groups is 3. The van der Waals surface area contributed by atoms with Crippen LogP contribution in [0.2, 0.25) is 0 Å². The zero-order valence-electron chi connectivity index (χ0n) is 18.0. The molecule has 0 aromatic carbocycles. The Kier molecular flexibility index (Phi) is 7.26. The lowest BCUT2D eigenvalue weighted by Crippen LogP contribution is -2.58. The lowest BCUT2D eigenvalue weighted by Gasteiger charge is -2.42. The van der Waals surface area contributed by atoms with Crippen molar-refractivity contribution < 1.29 is 24.2 Å². The first-order valence-electron chi connectivity index (χ1n) is 10.5. The van der Waals surface area contributed by atoms with Crippen LogP contribution < -0.4 is 0 Å². The third-order valence-corrected chi connectivity index (χ3v) is 6.10. The molecule has 2 saturated heterocycles. The maximum absolute atomic E-state index is 13.3. The molecule has 2 aliphatic heterocycles. The van der Waals surface area contributed by atoms with E-state index in [1.807, 2.05) is 39.5 Å². The van der Waals surface area contributed by atoms with Crippen molar-refractivity contribution in [3.8, 4) is 0 Å². The molecule has 0 aromatic heterocycles. The summed E-state index contributed by atoms with van der Waals surface area (Å²) in [6, 6.07) is -0.465. The molecule has 2 aliphatic rings. The van der Waals surface area contributed by atoms with E-state index < -0.39 is 23.0 Å². The minimum atomic E-state index is -1.32. The molecule has 0 spiro atoms. The molecule has 2 fully saturated rings. The molecule has 2 rings (SSSR count). The number of carboxylic acid groups (broad SMARTS) is 1. The molecule has 28 heavy (non-hydrogen) atoms. The van der Waals surface area contributed by atoms with Gasteiger partial charge in [-0.25, -0.2) is 0 Å². The number of likely N-dealkylation sites (tertiary alicyclic amines) is 2. The van der Waals surface area contributed by atoms with Gasteiger partial charge in [0, 0.05) is 6.54 Å². The van der Waals surface area contributed by atoms with Crippen LogP contribution in [0, 0.1) is 11.3 Å². The van der Waals surface area contributed by atoms with Crippen LogP contribution >= 0.6 is 0 Å². The van der Waals surface area contributed by atoms with Crippen LogP contribution in [0.4, 0.5) is 0 Å². The highest BCUT2D eigenvalue weighted by Gasteiger charge is 2.51. The Morgan fingerprint density at radius 2 is 1.79 bits per heavy atom. The minimum Gasteiger partial charge on any atom is -0.480 e. The molecule has 0 radical (unpaired) electrons. The van der Waals surface area contributed by atoms with Crippen molar-refractivity contribution in [1.82, 2.24) is 9.80 Å². The largest absolute Gasteiger partial charge is 0.480 e. The smallest absolute Gasteiger partial charge is 0.318 e. The van der Waals surface area contributed by atoms with Crippen molar-refractivity contribution in [2.45, 2.75) is 71.9 Å². The molecule has 7 heteroatoms. The lowest BCUT2D eigenvalue weighted by molar-refractivity contribution is -0.162. The number of nitrogens with zero attached hydrogens (tertiary/aromatic N) is 2. The number of Topliss-reactive ketones (excluding diaryl/α,β-unsaturated/α-hetero) is 1. The molecule has 160 valence electrons. The predicted molar refractivity (Wildman–Crippen MR) is 106 cm³/mol. The zero-order chi connectivity index (χ0) is 21.1. The third-order valence-electron chi connectivity index (χ3n) is 6.10. The van der Waals surface area contributed by atoms with Gasteiger partial charge < -0.3 is 14.7 Å². The monoisotopic (exact) mass is 396 g/mol. The highest BCUT2D eigenvalue weighted by molar-refractivity contribution is 6.06. The first kappa shape index (κ1) is 22.8. The van der Waals surface area contributed by atoms with Crippen molar-refractivity contribution in [3.05, 3.63) is 0 Å². The van der Waals surface area contributed by atoms with Crippen molar-refractivity contribution in [2.75, 3.05) is 32.7 Å². The van der Waals surface area contributed by atoms with E-state index in [4.69, 9.17) is 4.74 Å². The quantitative estimate of drug-likeness (QED) is 0.544. The van der Waals surface area contributed by atoms with Crippen LogP contribution in [0.25, 0.3) is 0 Å². The van der Waals surface area contributed by atoms with Crippen molar-refractivity contribution in [2.24, 2.45) is 11.3 Å². The number of hydrogen-bond donors (Lipinski definition) is 1. The van der Waals surface area contributed by atoms with Crippen LogP contribution in [0.1, 0.15) is 60.3 Å². The lowest BCUT2D eigenvalue weighted by atomic mass is 9.73. The maximum atomic E-state index is 13.3. The molecule has 2 atom stereocenters. The molecular formula is C21H36N2O5. The van der Waals surface area contributed by atoms with E-state index in [0.29, 0.717) is 32.4 Å². The number of piperidine rings is 2. The van der Waals surface area contributed by atoms with Gasteiger partial charge in [0.25, 0.3) is 0 Å². The first-order chi connectivity index (χ1) is 13.0. The van der Waals surface area contributed by atoms with E-state index in [2.05, 4.69) is 4.90 Å². The Morgan fingerprint density at radius 3 is 2.29 bits per heavy atom. The molecule has 0 aromatic rings. The van der Waals surface area contributed by atoms with Gasteiger partial charge >= 0.3 is 11.9 Å². The van der Waals surface area contributed by atoms with Crippen molar-refractivity contribution >= 4 is 17.7 Å². The van der Waals surface area contributed by atoms with E-state index in [1.165, 1.54) is 0 Å². The van der Waals surface area contributed by atoms with Gasteiger partial charge in [0.05, 0.1) is 12.0 Å². The van der Waals surface area contributed by atoms with Gasteiger partial charge in [-0.05, 0) is 79.6 Å². The van der Waals surface area contributed by atoms with Gasteiger partial charge in [-0.2, -0.15) is 0 Å². The van der Waals surface area contributed by atoms with E-state index in [-0.39, 0.29) is 24.2 Å². The fraction of sp³-hybridized carbons (Fsp3) is 0.857. The predicted octanol–water partition coefficient (Wildman–Crippen LogP) is 2.18. The fourth-order valence-corrected chi connectivity index (χ4v) is 4.37. The van der Waals surface area contributed by atoms with Gasteiger partial charge in [0.15, 0.2) is 5.78 Å². The van der Waals surface area contributed by atoms with Crippen molar-refractivity contribution in [1.29, 1.82) is 0 Å². The molecule has 2 heterocycles. The molecule has 2 unspecified atom stereocenters. The molecule has 0 bridgehead atoms. The Labute approximate surface area is 168 Å². The molecule has 7 nitrogen and oxygen atoms in total. The Balaban J connectivity index is 2.01. The van der Waals surface area contributed by atoms with E-state index >= 15 is 0 Å². The Bertz CT molecular complexity index is 592. The van der Waals surface area contributed by atoms with E-state index in [0.717, 1.165) is 19.5 Å². The maximum Gasteiger partial charge on any atom is 0.318 e. The summed E-state index contributed by atoms with van der Waals surface area (Å²) in [4.78, 5) is 41.8. The highest BCUT2D eigenvalue weighted by Crippen LogP contribution is 2.34. The first-order valence-corrected chi connectivity index (χ1v) is 10.5. The number of rotatable bonds is 6. The molecular weight excluding hydrogens is 360 g/mol. The van der Waals surface area contributed by atoms with Gasteiger partial charge in [-0.15, -0.1) is 0 Å². The van der Waals surface area contributed by atoms with Crippen LogP contribution in [-0.4, -0.2) is 77.0 Å². The summed E-state index contributed by atoms with van der Waals surface area (Å²) < 4.78 is 5.48.